The lowest BCUT2D eigenvalue weighted by atomic mass is 9.83. The number of ether oxygens (including phenoxy) is 1. The van der Waals surface area contributed by atoms with Gasteiger partial charge in [-0.3, -0.25) is 14.5 Å². The molecule has 2 amide bonds. The fourth-order valence-corrected chi connectivity index (χ4v) is 4.12. The average molecular weight is 378 g/mol. The van der Waals surface area contributed by atoms with Gasteiger partial charge in [-0.2, -0.15) is 0 Å². The van der Waals surface area contributed by atoms with Crippen molar-refractivity contribution in [2.24, 2.45) is 5.92 Å². The van der Waals surface area contributed by atoms with Gasteiger partial charge in [0.05, 0.1) is 6.61 Å². The van der Waals surface area contributed by atoms with Crippen LogP contribution in [-0.4, -0.2) is 41.1 Å². The first-order valence-electron chi connectivity index (χ1n) is 9.62. The van der Waals surface area contributed by atoms with Gasteiger partial charge in [-0.15, -0.1) is 0 Å². The predicted octanol–water partition coefficient (Wildman–Crippen LogP) is 2.99. The minimum atomic E-state index is -0.877. The molecule has 1 N–H and O–H groups in total. The zero-order valence-electron chi connectivity index (χ0n) is 15.3. The van der Waals surface area contributed by atoms with Gasteiger partial charge in [-0.1, -0.05) is 6.92 Å². The highest BCUT2D eigenvalue weighted by Gasteiger charge is 2.54. The Morgan fingerprint density at radius 3 is 2.33 bits per heavy atom. The Hall–Kier alpha value is -2.02. The van der Waals surface area contributed by atoms with Gasteiger partial charge in [0.1, 0.15) is 23.4 Å². The second-order valence-electron chi connectivity index (χ2n) is 8.07. The zero-order chi connectivity index (χ0) is 19.2. The molecule has 0 radical (unpaired) electrons. The summed E-state index contributed by atoms with van der Waals surface area (Å²) in [6, 6.07) is 2.13. The molecule has 0 bridgehead atoms. The van der Waals surface area contributed by atoms with Crippen LogP contribution in [0.25, 0.3) is 0 Å². The molecule has 4 rings (SSSR count). The Kier molecular flexibility index (Phi) is 4.66. The van der Waals surface area contributed by atoms with Crippen molar-refractivity contribution < 1.29 is 23.1 Å². The van der Waals surface area contributed by atoms with Crippen molar-refractivity contribution in [2.45, 2.75) is 63.3 Å². The summed E-state index contributed by atoms with van der Waals surface area (Å²) < 4.78 is 33.4. The number of carbonyl (C=O) groups is 2. The first-order chi connectivity index (χ1) is 12.9. The van der Waals surface area contributed by atoms with Crippen molar-refractivity contribution in [1.29, 1.82) is 0 Å². The third kappa shape index (κ3) is 3.57. The maximum atomic E-state index is 13.7. The van der Waals surface area contributed by atoms with E-state index in [-0.39, 0.29) is 24.1 Å². The molecule has 27 heavy (non-hydrogen) atoms. The number of nitrogens with zero attached hydrogens (tertiary/aromatic N) is 1. The third-order valence-corrected chi connectivity index (χ3v) is 5.87. The van der Waals surface area contributed by atoms with E-state index in [1.54, 1.807) is 0 Å². The van der Waals surface area contributed by atoms with E-state index in [2.05, 4.69) is 12.2 Å². The van der Waals surface area contributed by atoms with Gasteiger partial charge in [0.25, 0.3) is 5.91 Å². The van der Waals surface area contributed by atoms with Crippen LogP contribution in [0.5, 0.6) is 0 Å². The molecule has 3 fully saturated rings. The van der Waals surface area contributed by atoms with E-state index in [0.717, 1.165) is 43.9 Å². The minimum Gasteiger partial charge on any atom is -0.353 e. The Morgan fingerprint density at radius 1 is 1.11 bits per heavy atom. The molecular weight excluding hydrogens is 354 g/mol. The number of halogens is 2. The highest BCUT2D eigenvalue weighted by Crippen LogP contribution is 2.43. The fraction of sp³-hybridized carbons (Fsp3) is 0.600. The largest absolute Gasteiger partial charge is 0.353 e. The lowest BCUT2D eigenvalue weighted by Crippen LogP contribution is -2.57. The van der Waals surface area contributed by atoms with Crippen LogP contribution in [0.4, 0.5) is 8.78 Å². The van der Waals surface area contributed by atoms with E-state index in [9.17, 15) is 18.4 Å². The quantitative estimate of drug-likeness (QED) is 0.880. The highest BCUT2D eigenvalue weighted by atomic mass is 19.1. The monoisotopic (exact) mass is 378 g/mol. The average Bonchev–Trinajstić information content (AvgIpc) is 3.35. The summed E-state index contributed by atoms with van der Waals surface area (Å²) in [6.07, 6.45) is 4.85. The molecule has 2 aliphatic carbocycles. The maximum Gasteiger partial charge on any atom is 0.257 e. The second kappa shape index (κ2) is 6.86. The molecule has 1 aliphatic heterocycles. The Balaban J connectivity index is 1.66. The molecule has 1 atom stereocenters. The van der Waals surface area contributed by atoms with Gasteiger partial charge in [-0.05, 0) is 56.6 Å². The van der Waals surface area contributed by atoms with Gasteiger partial charge in [0.15, 0.2) is 0 Å². The first-order valence-corrected chi connectivity index (χ1v) is 9.62. The number of nitrogens with one attached hydrogen (secondary N) is 1. The summed E-state index contributed by atoms with van der Waals surface area (Å²) in [4.78, 5) is 27.4. The van der Waals surface area contributed by atoms with Crippen LogP contribution in [-0.2, 0) is 9.53 Å². The van der Waals surface area contributed by atoms with E-state index in [0.29, 0.717) is 18.8 Å². The van der Waals surface area contributed by atoms with Gasteiger partial charge < -0.3 is 10.1 Å². The maximum absolute atomic E-state index is 13.7. The van der Waals surface area contributed by atoms with E-state index in [4.69, 9.17) is 4.74 Å². The van der Waals surface area contributed by atoms with Crippen molar-refractivity contribution in [2.75, 3.05) is 6.61 Å². The smallest absolute Gasteiger partial charge is 0.257 e. The summed E-state index contributed by atoms with van der Waals surface area (Å²) >= 11 is 0. The zero-order valence-corrected chi connectivity index (χ0v) is 15.3. The van der Waals surface area contributed by atoms with Crippen LogP contribution < -0.4 is 5.32 Å². The lowest BCUT2D eigenvalue weighted by molar-refractivity contribution is -0.128. The topological polar surface area (TPSA) is 58.6 Å². The van der Waals surface area contributed by atoms with Gasteiger partial charge in [-0.25, -0.2) is 8.78 Å². The molecule has 1 aromatic rings. The highest BCUT2D eigenvalue weighted by molar-refractivity contribution is 5.98. The van der Waals surface area contributed by atoms with Crippen LogP contribution >= 0.6 is 0 Å². The number of hydrogen-bond donors (Lipinski definition) is 1. The van der Waals surface area contributed by atoms with Crippen molar-refractivity contribution in [1.82, 2.24) is 10.2 Å². The first kappa shape index (κ1) is 18.3. The van der Waals surface area contributed by atoms with Crippen LogP contribution in [0.2, 0.25) is 0 Å². The molecule has 2 saturated carbocycles. The molecule has 5 nitrogen and oxygen atoms in total. The molecule has 7 heteroatoms. The van der Waals surface area contributed by atoms with Crippen LogP contribution in [0, 0.1) is 17.6 Å². The molecule has 0 unspecified atom stereocenters. The number of benzene rings is 1. The minimum absolute atomic E-state index is 0.0970. The van der Waals surface area contributed by atoms with Crippen molar-refractivity contribution in [3.05, 3.63) is 35.4 Å². The van der Waals surface area contributed by atoms with Crippen molar-refractivity contribution >= 4 is 11.8 Å². The normalized spacial score (nSPS) is 30.6. The van der Waals surface area contributed by atoms with E-state index in [1.165, 1.54) is 4.90 Å². The number of rotatable bonds is 3. The second-order valence-corrected chi connectivity index (χ2v) is 8.07. The molecule has 1 spiro atoms. The SMILES string of the molecule is CC1CCC2(CC1)OC[C@H](C(=O)NC1CC1)N2C(=O)c1cc(F)cc(F)c1. The van der Waals surface area contributed by atoms with Crippen LogP contribution in [0.1, 0.15) is 55.8 Å². The van der Waals surface area contributed by atoms with E-state index in [1.807, 2.05) is 0 Å². The van der Waals surface area contributed by atoms with E-state index >= 15 is 0 Å². The summed E-state index contributed by atoms with van der Waals surface area (Å²) in [5.41, 5.74) is -0.974. The molecular formula is C20H24F2N2O3. The molecule has 1 saturated heterocycles. The molecule has 146 valence electrons. The summed E-state index contributed by atoms with van der Waals surface area (Å²) in [5, 5.41) is 2.92. The lowest BCUT2D eigenvalue weighted by Gasteiger charge is -2.43. The standard InChI is InChI=1S/C20H24F2N2O3/c1-12-4-6-20(7-5-12)24(17(11-27-20)18(25)23-16-2-3-16)19(26)13-8-14(21)10-15(22)9-13/h8-10,12,16-17H,2-7,11H2,1H3,(H,23,25)/t12?,17-,20?/m1/s1. The van der Waals surface area contributed by atoms with E-state index < -0.39 is 29.3 Å². The Bertz CT molecular complexity index is 737. The predicted molar refractivity (Wildman–Crippen MR) is 93.8 cm³/mol. The Labute approximate surface area is 157 Å². The van der Waals surface area contributed by atoms with Crippen molar-refractivity contribution in [3.63, 3.8) is 0 Å². The van der Waals surface area contributed by atoms with Gasteiger partial charge >= 0.3 is 0 Å². The van der Waals surface area contributed by atoms with Crippen LogP contribution in [0.3, 0.4) is 0 Å². The molecule has 1 aromatic carbocycles. The van der Waals surface area contributed by atoms with Crippen LogP contribution in [0.15, 0.2) is 18.2 Å². The molecule has 0 aromatic heterocycles. The molecule has 1 heterocycles. The summed E-state index contributed by atoms with van der Waals surface area (Å²) in [6.45, 7) is 2.25. The fourth-order valence-electron chi connectivity index (χ4n) is 4.12. The number of amides is 2. The summed E-state index contributed by atoms with van der Waals surface area (Å²) in [7, 11) is 0. The Morgan fingerprint density at radius 2 is 1.74 bits per heavy atom. The van der Waals surface area contributed by atoms with Crippen molar-refractivity contribution in [3.8, 4) is 0 Å². The van der Waals surface area contributed by atoms with Gasteiger partial charge in [0, 0.05) is 17.7 Å². The number of hydrogen-bond acceptors (Lipinski definition) is 3. The van der Waals surface area contributed by atoms with Gasteiger partial charge in [0.2, 0.25) is 5.91 Å². The molecule has 3 aliphatic rings. The summed E-state index contributed by atoms with van der Waals surface area (Å²) in [5.74, 6) is -1.93. The third-order valence-electron chi connectivity index (χ3n) is 5.87. The number of carbonyl (C=O) groups excluding carboxylic acids is 2.